The summed E-state index contributed by atoms with van der Waals surface area (Å²) in [6.45, 7) is 11.6. The molecule has 1 aromatic heterocycles. The van der Waals surface area contributed by atoms with Crippen LogP contribution in [-0.4, -0.2) is 32.8 Å². The molecule has 3 nitrogen and oxygen atoms in total. The van der Waals surface area contributed by atoms with Crippen molar-refractivity contribution in [3.8, 4) is 0 Å². The average Bonchev–Trinajstić information content (AvgIpc) is 2.40. The summed E-state index contributed by atoms with van der Waals surface area (Å²) < 4.78 is 0. The fourth-order valence-electron chi connectivity index (χ4n) is 2.65. The number of aromatic nitrogens is 2. The van der Waals surface area contributed by atoms with Crippen molar-refractivity contribution in [1.29, 1.82) is 0 Å². The minimum atomic E-state index is 0.330. The smallest absolute Gasteiger partial charge is 0.142 e. The van der Waals surface area contributed by atoms with Crippen LogP contribution >= 0.6 is 23.5 Å². The van der Waals surface area contributed by atoms with E-state index in [1.54, 1.807) is 0 Å². The topological polar surface area (TPSA) is 51.8 Å². The van der Waals surface area contributed by atoms with Crippen LogP contribution in [0.5, 0.6) is 0 Å². The maximum Gasteiger partial charge on any atom is 0.142 e. The second-order valence-corrected chi connectivity index (χ2v) is 8.67. The Hall–Kier alpha value is -0.260. The number of hydrogen-bond acceptors (Lipinski definition) is 5. The van der Waals surface area contributed by atoms with E-state index < -0.39 is 0 Å². The molecular weight excluding hydrogens is 286 g/mol. The summed E-state index contributed by atoms with van der Waals surface area (Å²) in [5, 5.41) is 1.80. The third-order valence-corrected chi connectivity index (χ3v) is 7.42. The van der Waals surface area contributed by atoms with Crippen molar-refractivity contribution in [3.63, 3.8) is 0 Å². The first kappa shape index (κ1) is 16.1. The molecule has 0 radical (unpaired) electrons. The van der Waals surface area contributed by atoms with E-state index in [9.17, 15) is 0 Å². The van der Waals surface area contributed by atoms with Gasteiger partial charge in [-0.1, -0.05) is 20.8 Å². The Kier molecular flexibility index (Phi) is 5.37. The van der Waals surface area contributed by atoms with Crippen LogP contribution in [0.1, 0.15) is 54.7 Å². The highest BCUT2D eigenvalue weighted by Gasteiger charge is 2.29. The summed E-state index contributed by atoms with van der Waals surface area (Å²) in [6.07, 6.45) is 0. The molecule has 1 saturated heterocycles. The lowest BCUT2D eigenvalue weighted by molar-refractivity contribution is 0.729. The fourth-order valence-corrected chi connectivity index (χ4v) is 5.49. The number of rotatable bonds is 3. The van der Waals surface area contributed by atoms with E-state index in [0.717, 1.165) is 28.2 Å². The van der Waals surface area contributed by atoms with Crippen molar-refractivity contribution in [1.82, 2.24) is 9.97 Å². The third kappa shape index (κ3) is 3.31. The standard InChI is InChI=1S/C15H25N3S2/c1-8(6-16)14-9(2)17-15(18-10(14)3)13-7-19-11(4)12(5)20-13/h8,11-13H,6-7,16H2,1-5H3. The molecule has 1 aliphatic rings. The van der Waals surface area contributed by atoms with Crippen LogP contribution in [0.25, 0.3) is 0 Å². The minimum absolute atomic E-state index is 0.330. The van der Waals surface area contributed by atoms with E-state index in [1.165, 1.54) is 5.56 Å². The fraction of sp³-hybridized carbons (Fsp3) is 0.733. The second kappa shape index (κ2) is 6.67. The molecule has 0 spiro atoms. The minimum Gasteiger partial charge on any atom is -0.330 e. The zero-order valence-corrected chi connectivity index (χ0v) is 14.6. The molecule has 1 aromatic rings. The highest BCUT2D eigenvalue weighted by atomic mass is 32.2. The molecule has 1 aliphatic heterocycles. The van der Waals surface area contributed by atoms with Gasteiger partial charge in [0.1, 0.15) is 5.82 Å². The third-order valence-electron chi connectivity index (χ3n) is 4.03. The molecular formula is C15H25N3S2. The summed E-state index contributed by atoms with van der Waals surface area (Å²) in [6, 6.07) is 0. The van der Waals surface area contributed by atoms with Gasteiger partial charge in [-0.15, -0.1) is 11.8 Å². The summed E-state index contributed by atoms with van der Waals surface area (Å²) in [4.78, 5) is 9.57. The largest absolute Gasteiger partial charge is 0.330 e. The monoisotopic (exact) mass is 311 g/mol. The molecule has 1 fully saturated rings. The van der Waals surface area contributed by atoms with Gasteiger partial charge in [0.15, 0.2) is 0 Å². The van der Waals surface area contributed by atoms with Gasteiger partial charge in [-0.3, -0.25) is 0 Å². The summed E-state index contributed by atoms with van der Waals surface area (Å²) in [5.41, 5.74) is 9.22. The molecule has 2 heterocycles. The highest BCUT2D eigenvalue weighted by Crippen LogP contribution is 2.43. The van der Waals surface area contributed by atoms with E-state index in [4.69, 9.17) is 15.7 Å². The maximum atomic E-state index is 5.79. The van der Waals surface area contributed by atoms with Gasteiger partial charge in [0.05, 0.1) is 5.25 Å². The van der Waals surface area contributed by atoms with Gasteiger partial charge in [0.2, 0.25) is 0 Å². The van der Waals surface area contributed by atoms with E-state index >= 15 is 0 Å². The maximum absolute atomic E-state index is 5.79. The van der Waals surface area contributed by atoms with Gasteiger partial charge in [0.25, 0.3) is 0 Å². The first-order chi connectivity index (χ1) is 9.43. The van der Waals surface area contributed by atoms with Crippen molar-refractivity contribution in [2.45, 2.75) is 56.3 Å². The Morgan fingerprint density at radius 3 is 2.30 bits per heavy atom. The number of aryl methyl sites for hydroxylation is 2. The number of nitrogens with zero attached hydrogens (tertiary/aromatic N) is 2. The van der Waals surface area contributed by atoms with Crippen LogP contribution in [-0.2, 0) is 0 Å². The molecule has 0 aromatic carbocycles. The van der Waals surface area contributed by atoms with Gasteiger partial charge < -0.3 is 5.73 Å². The van der Waals surface area contributed by atoms with Crippen LogP contribution in [0.4, 0.5) is 0 Å². The second-order valence-electron chi connectivity index (χ2n) is 5.67. The lowest BCUT2D eigenvalue weighted by Gasteiger charge is -2.31. The molecule has 0 aliphatic carbocycles. The molecule has 112 valence electrons. The first-order valence-electron chi connectivity index (χ1n) is 7.26. The van der Waals surface area contributed by atoms with Crippen molar-refractivity contribution < 1.29 is 0 Å². The molecule has 0 saturated carbocycles. The van der Waals surface area contributed by atoms with Crippen LogP contribution < -0.4 is 5.73 Å². The quantitative estimate of drug-likeness (QED) is 0.926. The molecule has 2 rings (SSSR count). The Bertz CT molecular complexity index is 455. The highest BCUT2D eigenvalue weighted by molar-refractivity contribution is 8.07. The molecule has 20 heavy (non-hydrogen) atoms. The van der Waals surface area contributed by atoms with Gasteiger partial charge in [-0.05, 0) is 31.9 Å². The van der Waals surface area contributed by atoms with Gasteiger partial charge in [-0.25, -0.2) is 9.97 Å². The summed E-state index contributed by atoms with van der Waals surface area (Å²) in [5.74, 6) is 2.45. The van der Waals surface area contributed by atoms with Gasteiger partial charge in [-0.2, -0.15) is 11.8 Å². The Balaban J connectivity index is 2.26. The SMILES string of the molecule is Cc1nc(C2CSC(C)C(C)S2)nc(C)c1C(C)CN. The number of thioether (sulfide) groups is 2. The summed E-state index contributed by atoms with van der Waals surface area (Å²) in [7, 11) is 0. The van der Waals surface area contributed by atoms with Crippen molar-refractivity contribution in [2.24, 2.45) is 5.73 Å². The normalized spacial score (nSPS) is 28.4. The van der Waals surface area contributed by atoms with Crippen LogP contribution in [0, 0.1) is 13.8 Å². The predicted octanol–water partition coefficient (Wildman–Crippen LogP) is 3.45. The lowest BCUT2D eigenvalue weighted by Crippen LogP contribution is -2.24. The summed E-state index contributed by atoms with van der Waals surface area (Å²) >= 11 is 4.05. The zero-order valence-electron chi connectivity index (χ0n) is 13.0. The van der Waals surface area contributed by atoms with Gasteiger partial charge in [0, 0.05) is 27.6 Å². The van der Waals surface area contributed by atoms with Crippen molar-refractivity contribution in [3.05, 3.63) is 22.8 Å². The molecule has 2 N–H and O–H groups in total. The van der Waals surface area contributed by atoms with Crippen molar-refractivity contribution in [2.75, 3.05) is 12.3 Å². The molecule has 4 unspecified atom stereocenters. The Labute approximate surface area is 130 Å². The lowest BCUT2D eigenvalue weighted by atomic mass is 9.98. The number of hydrogen-bond donors (Lipinski definition) is 1. The Morgan fingerprint density at radius 2 is 1.80 bits per heavy atom. The van der Waals surface area contributed by atoms with Crippen LogP contribution in [0.15, 0.2) is 0 Å². The van der Waals surface area contributed by atoms with E-state index in [0.29, 0.717) is 23.0 Å². The molecule has 0 bridgehead atoms. The predicted molar refractivity (Wildman–Crippen MR) is 90.7 cm³/mol. The Morgan fingerprint density at radius 1 is 1.20 bits per heavy atom. The van der Waals surface area contributed by atoms with E-state index in [2.05, 4.69) is 34.6 Å². The molecule has 4 atom stereocenters. The van der Waals surface area contributed by atoms with Crippen molar-refractivity contribution >= 4 is 23.5 Å². The van der Waals surface area contributed by atoms with E-state index in [-0.39, 0.29) is 0 Å². The number of nitrogens with two attached hydrogens (primary N) is 1. The van der Waals surface area contributed by atoms with E-state index in [1.807, 2.05) is 23.5 Å². The molecule has 0 amide bonds. The average molecular weight is 312 g/mol. The van der Waals surface area contributed by atoms with Crippen LogP contribution in [0.2, 0.25) is 0 Å². The first-order valence-corrected chi connectivity index (χ1v) is 9.25. The van der Waals surface area contributed by atoms with Gasteiger partial charge >= 0.3 is 0 Å². The van der Waals surface area contributed by atoms with Crippen LogP contribution in [0.3, 0.4) is 0 Å². The zero-order chi connectivity index (χ0) is 14.9. The molecule has 5 heteroatoms.